The Bertz CT molecular complexity index is 3700. The topological polar surface area (TPSA) is 51.8 Å². The second-order valence-corrected chi connectivity index (χ2v) is 16.7. The summed E-state index contributed by atoms with van der Waals surface area (Å²) in [5.41, 5.74) is 17.9. The van der Waals surface area contributed by atoms with Crippen LogP contribution < -0.4 is 0 Å². The third kappa shape index (κ3) is 7.67. The molecule has 0 N–H and O–H groups in total. The summed E-state index contributed by atoms with van der Waals surface area (Å²) in [5, 5.41) is 1.95. The van der Waals surface area contributed by atoms with Crippen molar-refractivity contribution < 1.29 is 4.42 Å². The third-order valence-corrected chi connectivity index (χ3v) is 12.6. The predicted molar refractivity (Wildman–Crippen MR) is 276 cm³/mol. The van der Waals surface area contributed by atoms with E-state index in [4.69, 9.17) is 19.4 Å². The summed E-state index contributed by atoms with van der Waals surface area (Å²) in [6, 6.07) is 87.0. The molecule has 4 heteroatoms. The van der Waals surface area contributed by atoms with Crippen molar-refractivity contribution in [1.82, 2.24) is 15.0 Å². The van der Waals surface area contributed by atoms with Crippen LogP contribution in [0.3, 0.4) is 0 Å². The van der Waals surface area contributed by atoms with Crippen LogP contribution in [-0.2, 0) is 0 Å². The molecule has 12 aromatic rings. The molecule has 0 spiro atoms. The van der Waals surface area contributed by atoms with Gasteiger partial charge in [-0.1, -0.05) is 231 Å². The number of benzene rings is 10. The van der Waals surface area contributed by atoms with Crippen molar-refractivity contribution in [2.75, 3.05) is 0 Å². The Morgan fingerprint density at radius 1 is 0.239 bits per heavy atom. The lowest BCUT2D eigenvalue weighted by atomic mass is 9.90. The Labute approximate surface area is 389 Å². The number of fused-ring (bicyclic) bond motifs is 3. The van der Waals surface area contributed by atoms with Gasteiger partial charge in [-0.2, -0.15) is 0 Å². The van der Waals surface area contributed by atoms with Crippen molar-refractivity contribution in [1.29, 1.82) is 0 Å². The Morgan fingerprint density at radius 2 is 0.657 bits per heavy atom. The minimum atomic E-state index is 0.573. The molecule has 0 saturated heterocycles. The average Bonchev–Trinajstić information content (AvgIpc) is 3.81. The molecular formula is C63H41N3O. The molecule has 0 aliphatic rings. The van der Waals surface area contributed by atoms with Gasteiger partial charge in [-0.15, -0.1) is 0 Å². The van der Waals surface area contributed by atoms with Crippen molar-refractivity contribution >= 4 is 21.9 Å². The number of rotatable bonds is 9. The van der Waals surface area contributed by atoms with E-state index in [0.717, 1.165) is 83.1 Å². The van der Waals surface area contributed by atoms with Crippen LogP contribution in [0.5, 0.6) is 0 Å². The number of para-hydroxylation sites is 1. The molecule has 2 heterocycles. The van der Waals surface area contributed by atoms with E-state index in [1.54, 1.807) is 0 Å². The molecular weight excluding hydrogens is 815 g/mol. The smallest absolute Gasteiger partial charge is 0.164 e. The summed E-state index contributed by atoms with van der Waals surface area (Å²) < 4.78 is 6.87. The average molecular weight is 856 g/mol. The maximum Gasteiger partial charge on any atom is 0.164 e. The lowest BCUT2D eigenvalue weighted by Crippen LogP contribution is -2.00. The first-order valence-corrected chi connectivity index (χ1v) is 22.6. The molecule has 0 radical (unpaired) electrons. The summed E-state index contributed by atoms with van der Waals surface area (Å²) in [7, 11) is 0. The van der Waals surface area contributed by atoms with Gasteiger partial charge in [0.25, 0.3) is 0 Å². The minimum absolute atomic E-state index is 0.573. The third-order valence-electron chi connectivity index (χ3n) is 12.6. The molecule has 0 bridgehead atoms. The Balaban J connectivity index is 0.983. The second-order valence-electron chi connectivity index (χ2n) is 16.7. The molecule has 0 amide bonds. The molecule has 2 aromatic heterocycles. The first-order chi connectivity index (χ1) is 33.2. The predicted octanol–water partition coefficient (Wildman–Crippen LogP) is 16.8. The molecule has 0 fully saturated rings. The molecule has 4 nitrogen and oxygen atoms in total. The van der Waals surface area contributed by atoms with Gasteiger partial charge in [0.05, 0.1) is 0 Å². The quantitative estimate of drug-likeness (QED) is 0.145. The monoisotopic (exact) mass is 855 g/mol. The van der Waals surface area contributed by atoms with E-state index in [0.29, 0.717) is 17.5 Å². The highest BCUT2D eigenvalue weighted by molar-refractivity contribution is 6.15. The first kappa shape index (κ1) is 39.6. The van der Waals surface area contributed by atoms with Crippen molar-refractivity contribution in [3.63, 3.8) is 0 Å². The van der Waals surface area contributed by atoms with Gasteiger partial charge in [0.2, 0.25) is 0 Å². The maximum atomic E-state index is 6.87. The van der Waals surface area contributed by atoms with E-state index in [2.05, 4.69) is 224 Å². The summed E-state index contributed by atoms with van der Waals surface area (Å²) in [6.07, 6.45) is 0. The molecule has 0 aliphatic heterocycles. The highest BCUT2D eigenvalue weighted by Gasteiger charge is 2.21. The molecule has 314 valence electrons. The number of hydrogen-bond acceptors (Lipinski definition) is 4. The van der Waals surface area contributed by atoms with Crippen molar-refractivity contribution in [3.8, 4) is 101 Å². The Kier molecular flexibility index (Phi) is 10.2. The van der Waals surface area contributed by atoms with Crippen molar-refractivity contribution in [2.24, 2.45) is 0 Å². The second kappa shape index (κ2) is 17.2. The molecule has 12 rings (SSSR count). The SMILES string of the molecule is c1ccc(-c2ccc(-c3nc(-c4ccc(-c5cccc(-c6ccccc6)c5)cc4)nc(-c4cccc5oc6c(-c7ccc(-c8ccccc8)c(-c8ccccc8)c7)cccc6c45)n3)cc2)cc1. The van der Waals surface area contributed by atoms with Crippen LogP contribution >= 0.6 is 0 Å². The molecule has 0 atom stereocenters. The van der Waals surface area contributed by atoms with Gasteiger partial charge in [-0.3, -0.25) is 0 Å². The standard InChI is InChI=1S/C63H41N3O/c1-5-16-42(17-6-1)44-30-34-48(35-31-44)61-64-62(49-36-32-45(33-37-49)51-25-13-24-50(40-51)43-18-7-2-8-19-43)66-63(65-61)56-28-15-29-58-59(56)55-27-14-26-54(60(55)67-58)52-38-39-53(46-20-9-3-10-21-46)57(41-52)47-22-11-4-12-23-47/h1-41H. The van der Waals surface area contributed by atoms with Gasteiger partial charge < -0.3 is 4.42 Å². The number of furan rings is 1. The van der Waals surface area contributed by atoms with Crippen LogP contribution in [0, 0.1) is 0 Å². The van der Waals surface area contributed by atoms with Crippen LogP contribution in [0.2, 0.25) is 0 Å². The summed E-state index contributed by atoms with van der Waals surface area (Å²) >= 11 is 0. The summed E-state index contributed by atoms with van der Waals surface area (Å²) in [5.74, 6) is 1.76. The van der Waals surface area contributed by atoms with Gasteiger partial charge in [0, 0.05) is 33.0 Å². The summed E-state index contributed by atoms with van der Waals surface area (Å²) in [6.45, 7) is 0. The molecule has 67 heavy (non-hydrogen) atoms. The van der Waals surface area contributed by atoms with E-state index >= 15 is 0 Å². The highest BCUT2D eigenvalue weighted by Crippen LogP contribution is 2.43. The normalized spacial score (nSPS) is 11.3. The zero-order chi connectivity index (χ0) is 44.5. The Hall–Kier alpha value is -8.99. The van der Waals surface area contributed by atoms with Crippen molar-refractivity contribution in [3.05, 3.63) is 249 Å². The van der Waals surface area contributed by atoms with Gasteiger partial charge in [-0.05, 0) is 79.4 Å². The largest absolute Gasteiger partial charge is 0.455 e. The Morgan fingerprint density at radius 3 is 1.25 bits per heavy atom. The fourth-order valence-electron chi connectivity index (χ4n) is 9.22. The fraction of sp³-hybridized carbons (Fsp3) is 0. The van der Waals surface area contributed by atoms with E-state index in [1.165, 1.54) is 22.3 Å². The van der Waals surface area contributed by atoms with Crippen LogP contribution in [0.4, 0.5) is 0 Å². The van der Waals surface area contributed by atoms with Crippen LogP contribution in [0.25, 0.3) is 123 Å². The first-order valence-electron chi connectivity index (χ1n) is 22.6. The molecule has 0 aliphatic carbocycles. The van der Waals surface area contributed by atoms with E-state index in [1.807, 2.05) is 24.3 Å². The molecule has 10 aromatic carbocycles. The number of hydrogen-bond donors (Lipinski definition) is 0. The van der Waals surface area contributed by atoms with Crippen LogP contribution in [-0.4, -0.2) is 15.0 Å². The fourth-order valence-corrected chi connectivity index (χ4v) is 9.22. The highest BCUT2D eigenvalue weighted by atomic mass is 16.3. The minimum Gasteiger partial charge on any atom is -0.455 e. The van der Waals surface area contributed by atoms with Crippen LogP contribution in [0.15, 0.2) is 253 Å². The summed E-state index contributed by atoms with van der Waals surface area (Å²) in [4.78, 5) is 15.7. The number of aromatic nitrogens is 3. The number of nitrogens with zero attached hydrogens (tertiary/aromatic N) is 3. The van der Waals surface area contributed by atoms with Crippen molar-refractivity contribution in [2.45, 2.75) is 0 Å². The van der Waals surface area contributed by atoms with E-state index < -0.39 is 0 Å². The van der Waals surface area contributed by atoms with E-state index in [9.17, 15) is 0 Å². The van der Waals surface area contributed by atoms with Gasteiger partial charge in [0.1, 0.15) is 11.2 Å². The maximum absolute atomic E-state index is 6.87. The zero-order valence-corrected chi connectivity index (χ0v) is 36.4. The van der Waals surface area contributed by atoms with Gasteiger partial charge >= 0.3 is 0 Å². The lowest BCUT2D eigenvalue weighted by Gasteiger charge is -2.13. The van der Waals surface area contributed by atoms with E-state index in [-0.39, 0.29) is 0 Å². The van der Waals surface area contributed by atoms with Gasteiger partial charge in [-0.25, -0.2) is 15.0 Å². The molecule has 0 saturated carbocycles. The molecule has 0 unspecified atom stereocenters. The zero-order valence-electron chi connectivity index (χ0n) is 36.4. The van der Waals surface area contributed by atoms with Crippen LogP contribution in [0.1, 0.15) is 0 Å². The van der Waals surface area contributed by atoms with Gasteiger partial charge in [0.15, 0.2) is 17.5 Å². The lowest BCUT2D eigenvalue weighted by molar-refractivity contribution is 0.670.